The second-order valence-electron chi connectivity index (χ2n) is 8.02. The molecule has 0 radical (unpaired) electrons. The van der Waals surface area contributed by atoms with Gasteiger partial charge in [0.15, 0.2) is 0 Å². The molecule has 0 saturated carbocycles. The highest BCUT2D eigenvalue weighted by molar-refractivity contribution is 5.92. The van der Waals surface area contributed by atoms with Crippen LogP contribution in [0.3, 0.4) is 0 Å². The summed E-state index contributed by atoms with van der Waals surface area (Å²) >= 11 is 0. The van der Waals surface area contributed by atoms with Crippen LogP contribution in [0.4, 0.5) is 0 Å². The number of aromatic amines is 1. The number of likely N-dealkylation sites (N-methyl/N-ethyl adjacent to an activating group) is 1. The van der Waals surface area contributed by atoms with E-state index in [0.29, 0.717) is 5.69 Å². The molecule has 0 spiro atoms. The van der Waals surface area contributed by atoms with Crippen LogP contribution < -0.4 is 0 Å². The molecular formula is C20H28N4O. The second kappa shape index (κ2) is 7.00. The zero-order valence-corrected chi connectivity index (χ0v) is 15.6. The van der Waals surface area contributed by atoms with Crippen molar-refractivity contribution >= 4 is 5.91 Å². The quantitative estimate of drug-likeness (QED) is 0.935. The van der Waals surface area contributed by atoms with Crippen molar-refractivity contribution in [3.8, 4) is 0 Å². The summed E-state index contributed by atoms with van der Waals surface area (Å²) < 4.78 is 0. The predicted octanol–water partition coefficient (Wildman–Crippen LogP) is 2.71. The van der Waals surface area contributed by atoms with Crippen LogP contribution in [0, 0.1) is 0 Å². The van der Waals surface area contributed by atoms with E-state index in [-0.39, 0.29) is 17.4 Å². The molecule has 1 N–H and O–H groups in total. The topological polar surface area (TPSA) is 52.2 Å². The molecule has 3 rings (SSSR count). The second-order valence-corrected chi connectivity index (χ2v) is 8.02. The number of carbonyl (C=O) groups is 1. The van der Waals surface area contributed by atoms with Gasteiger partial charge in [-0.05, 0) is 25.1 Å². The van der Waals surface area contributed by atoms with E-state index >= 15 is 0 Å². The van der Waals surface area contributed by atoms with Gasteiger partial charge in [-0.15, -0.1) is 0 Å². The van der Waals surface area contributed by atoms with Crippen LogP contribution in [0.15, 0.2) is 36.4 Å². The number of aromatic nitrogens is 2. The molecule has 0 aliphatic carbocycles. The number of amides is 1. The normalized spacial score (nSPS) is 19.2. The Bertz CT molecular complexity index is 717. The highest BCUT2D eigenvalue weighted by Gasteiger charge is 2.31. The first-order valence-corrected chi connectivity index (χ1v) is 8.94. The Hall–Kier alpha value is -2.14. The molecule has 5 nitrogen and oxygen atoms in total. The molecule has 5 heteroatoms. The SMILES string of the molecule is CN1CCN(C(=O)c2cc(C(C)(C)C)[nH]n2)C(Cc2ccccc2)C1. The van der Waals surface area contributed by atoms with Crippen molar-refractivity contribution in [1.29, 1.82) is 0 Å². The summed E-state index contributed by atoms with van der Waals surface area (Å²) in [4.78, 5) is 17.4. The van der Waals surface area contributed by atoms with Crippen molar-refractivity contribution in [2.45, 2.75) is 38.6 Å². The Morgan fingerprint density at radius 3 is 2.60 bits per heavy atom. The Morgan fingerprint density at radius 1 is 1.24 bits per heavy atom. The van der Waals surface area contributed by atoms with E-state index in [4.69, 9.17) is 0 Å². The van der Waals surface area contributed by atoms with Crippen LogP contribution in [-0.2, 0) is 11.8 Å². The van der Waals surface area contributed by atoms with Crippen LogP contribution in [0.5, 0.6) is 0 Å². The summed E-state index contributed by atoms with van der Waals surface area (Å²) in [7, 11) is 2.12. The van der Waals surface area contributed by atoms with Crippen molar-refractivity contribution < 1.29 is 4.79 Å². The van der Waals surface area contributed by atoms with Crippen molar-refractivity contribution in [3.05, 3.63) is 53.3 Å². The van der Waals surface area contributed by atoms with Gasteiger partial charge in [0.2, 0.25) is 0 Å². The van der Waals surface area contributed by atoms with Gasteiger partial charge in [0.05, 0.1) is 0 Å². The minimum absolute atomic E-state index is 0.0285. The number of H-pyrrole nitrogens is 1. The molecule has 25 heavy (non-hydrogen) atoms. The van der Waals surface area contributed by atoms with Gasteiger partial charge in [0.25, 0.3) is 5.91 Å². The minimum Gasteiger partial charge on any atom is -0.331 e. The maximum Gasteiger partial charge on any atom is 0.274 e. The summed E-state index contributed by atoms with van der Waals surface area (Å²) in [6, 6.07) is 12.5. The molecule has 1 aliphatic rings. The first kappa shape index (κ1) is 17.7. The summed E-state index contributed by atoms with van der Waals surface area (Å²) in [5.74, 6) is 0.0285. The largest absolute Gasteiger partial charge is 0.331 e. The highest BCUT2D eigenvalue weighted by atomic mass is 16.2. The maximum atomic E-state index is 13.1. The van der Waals surface area contributed by atoms with E-state index in [9.17, 15) is 4.79 Å². The van der Waals surface area contributed by atoms with E-state index in [0.717, 1.165) is 31.7 Å². The fraction of sp³-hybridized carbons (Fsp3) is 0.500. The van der Waals surface area contributed by atoms with Crippen LogP contribution in [0.1, 0.15) is 42.5 Å². The highest BCUT2D eigenvalue weighted by Crippen LogP contribution is 2.22. The summed E-state index contributed by atoms with van der Waals surface area (Å²) in [5, 5.41) is 7.32. The molecule has 1 fully saturated rings. The third-order valence-electron chi connectivity index (χ3n) is 4.87. The molecule has 134 valence electrons. The zero-order valence-electron chi connectivity index (χ0n) is 15.6. The van der Waals surface area contributed by atoms with Crippen molar-refractivity contribution in [3.63, 3.8) is 0 Å². The van der Waals surface area contributed by atoms with Crippen LogP contribution >= 0.6 is 0 Å². The Kier molecular flexibility index (Phi) is 4.95. The predicted molar refractivity (Wildman–Crippen MR) is 99.8 cm³/mol. The van der Waals surface area contributed by atoms with E-state index in [2.05, 4.69) is 67.2 Å². The number of nitrogens with zero attached hydrogens (tertiary/aromatic N) is 3. The number of hydrogen-bond donors (Lipinski definition) is 1. The number of benzene rings is 1. The Balaban J connectivity index is 1.80. The molecule has 1 amide bonds. The maximum absolute atomic E-state index is 13.1. The summed E-state index contributed by atoms with van der Waals surface area (Å²) in [5.41, 5.74) is 2.73. The number of piperazine rings is 1. The molecule has 1 saturated heterocycles. The van der Waals surface area contributed by atoms with E-state index in [1.807, 2.05) is 17.0 Å². The van der Waals surface area contributed by atoms with E-state index in [1.165, 1.54) is 5.56 Å². The Labute approximate surface area is 150 Å². The zero-order chi connectivity index (χ0) is 18.0. The number of carbonyl (C=O) groups excluding carboxylic acids is 1. The van der Waals surface area contributed by atoms with Gasteiger partial charge < -0.3 is 9.80 Å². The number of hydrogen-bond acceptors (Lipinski definition) is 3. The molecule has 1 aromatic carbocycles. The number of rotatable bonds is 3. The third-order valence-corrected chi connectivity index (χ3v) is 4.87. The first-order valence-electron chi connectivity index (χ1n) is 8.94. The lowest BCUT2D eigenvalue weighted by Gasteiger charge is -2.40. The van der Waals surface area contributed by atoms with Gasteiger partial charge in [-0.2, -0.15) is 5.10 Å². The molecule has 2 aromatic rings. The molecule has 1 unspecified atom stereocenters. The smallest absolute Gasteiger partial charge is 0.274 e. The first-order chi connectivity index (χ1) is 11.8. The third kappa shape index (κ3) is 4.10. The van der Waals surface area contributed by atoms with Gasteiger partial charge in [-0.1, -0.05) is 51.1 Å². The van der Waals surface area contributed by atoms with Crippen molar-refractivity contribution in [2.24, 2.45) is 0 Å². The number of nitrogens with one attached hydrogen (secondary N) is 1. The van der Waals surface area contributed by atoms with Gasteiger partial charge in [-0.25, -0.2) is 0 Å². The molecule has 1 aliphatic heterocycles. The summed E-state index contributed by atoms with van der Waals surface area (Å²) in [6.07, 6.45) is 0.869. The molecule has 0 bridgehead atoms. The Morgan fingerprint density at radius 2 is 1.96 bits per heavy atom. The van der Waals surface area contributed by atoms with Crippen LogP contribution in [0.25, 0.3) is 0 Å². The lowest BCUT2D eigenvalue weighted by molar-refractivity contribution is 0.0495. The minimum atomic E-state index is -0.0446. The van der Waals surface area contributed by atoms with Crippen LogP contribution in [-0.4, -0.2) is 58.6 Å². The monoisotopic (exact) mass is 340 g/mol. The van der Waals surface area contributed by atoms with Crippen LogP contribution in [0.2, 0.25) is 0 Å². The molecule has 1 aromatic heterocycles. The molecule has 1 atom stereocenters. The fourth-order valence-electron chi connectivity index (χ4n) is 3.30. The van der Waals surface area contributed by atoms with Crippen molar-refractivity contribution in [2.75, 3.05) is 26.7 Å². The standard InChI is InChI=1S/C20H28N4O/c1-20(2,3)18-13-17(21-22-18)19(25)24-11-10-23(4)14-16(24)12-15-8-6-5-7-9-15/h5-9,13,16H,10-12,14H2,1-4H3,(H,21,22). The summed E-state index contributed by atoms with van der Waals surface area (Å²) in [6.45, 7) is 8.86. The average Bonchev–Trinajstić information content (AvgIpc) is 3.06. The average molecular weight is 340 g/mol. The van der Waals surface area contributed by atoms with Gasteiger partial charge in [0.1, 0.15) is 5.69 Å². The van der Waals surface area contributed by atoms with Gasteiger partial charge in [0, 0.05) is 36.8 Å². The fourth-order valence-corrected chi connectivity index (χ4v) is 3.30. The van der Waals surface area contributed by atoms with E-state index < -0.39 is 0 Å². The molecule has 2 heterocycles. The van der Waals surface area contributed by atoms with E-state index in [1.54, 1.807) is 0 Å². The lowest BCUT2D eigenvalue weighted by atomic mass is 9.92. The lowest BCUT2D eigenvalue weighted by Crippen LogP contribution is -2.55. The van der Waals surface area contributed by atoms with Gasteiger partial charge >= 0.3 is 0 Å². The molecular weight excluding hydrogens is 312 g/mol. The van der Waals surface area contributed by atoms with Crippen molar-refractivity contribution in [1.82, 2.24) is 20.0 Å². The van der Waals surface area contributed by atoms with Gasteiger partial charge in [-0.3, -0.25) is 9.89 Å².